The number of nitrogens with one attached hydrogen (secondary N) is 1. The van der Waals surface area contributed by atoms with Crippen molar-refractivity contribution in [1.82, 2.24) is 5.32 Å². The fraction of sp³-hybridized carbons (Fsp3) is 0.778. The van der Waals surface area contributed by atoms with Crippen LogP contribution in [0.3, 0.4) is 0 Å². The van der Waals surface area contributed by atoms with E-state index in [-0.39, 0.29) is 11.7 Å². The molecule has 0 bridgehead atoms. The minimum atomic E-state index is -0.570. The van der Waals surface area contributed by atoms with Crippen molar-refractivity contribution in [3.8, 4) is 0 Å². The van der Waals surface area contributed by atoms with Crippen LogP contribution in [0.25, 0.3) is 0 Å². The smallest absolute Gasteiger partial charge is 0.237 e. The van der Waals surface area contributed by atoms with Crippen LogP contribution in [0.4, 0.5) is 0 Å². The lowest BCUT2D eigenvalue weighted by molar-refractivity contribution is -0.124. The van der Waals surface area contributed by atoms with Gasteiger partial charge in [0.2, 0.25) is 5.91 Å². The highest BCUT2D eigenvalue weighted by Gasteiger charge is 2.16. The van der Waals surface area contributed by atoms with E-state index in [9.17, 15) is 9.59 Å². The van der Waals surface area contributed by atoms with Gasteiger partial charge in [-0.1, -0.05) is 6.42 Å². The molecule has 5 N–H and O–H groups in total. The average molecular weight is 233 g/mol. The molecular weight excluding hydrogens is 214 g/mol. The molecule has 0 aromatic rings. The maximum atomic E-state index is 11.4. The second kappa shape index (κ2) is 8.70. The summed E-state index contributed by atoms with van der Waals surface area (Å²) in [6.45, 7) is 0.599. The van der Waals surface area contributed by atoms with Crippen LogP contribution in [0.2, 0.25) is 0 Å². The lowest BCUT2D eigenvalue weighted by Gasteiger charge is -2.14. The Bertz CT molecular complexity index is 202. The molecule has 0 aliphatic heterocycles. The summed E-state index contributed by atoms with van der Waals surface area (Å²) in [7, 11) is 0. The summed E-state index contributed by atoms with van der Waals surface area (Å²) in [6, 6.07) is -1.12. The van der Waals surface area contributed by atoms with Crippen LogP contribution in [0.1, 0.15) is 19.3 Å². The number of rotatable bonds is 8. The third kappa shape index (κ3) is 6.48. The molecule has 0 saturated heterocycles. The van der Waals surface area contributed by atoms with Gasteiger partial charge in [0, 0.05) is 5.75 Å². The highest BCUT2D eigenvalue weighted by Crippen LogP contribution is 1.98. The number of aldehydes is 1. The van der Waals surface area contributed by atoms with Crippen molar-refractivity contribution < 1.29 is 9.59 Å². The first-order valence-corrected chi connectivity index (χ1v) is 5.61. The monoisotopic (exact) mass is 233 g/mol. The van der Waals surface area contributed by atoms with E-state index in [0.29, 0.717) is 19.3 Å². The van der Waals surface area contributed by atoms with Gasteiger partial charge in [-0.15, -0.1) is 0 Å². The number of hydrogen-bond donors (Lipinski definition) is 4. The zero-order chi connectivity index (χ0) is 11.7. The Balaban J connectivity index is 3.81. The van der Waals surface area contributed by atoms with E-state index in [4.69, 9.17) is 11.5 Å². The molecule has 0 fully saturated rings. The highest BCUT2D eigenvalue weighted by atomic mass is 32.1. The summed E-state index contributed by atoms with van der Waals surface area (Å²) in [4.78, 5) is 21.8. The summed E-state index contributed by atoms with van der Waals surface area (Å²) in [5, 5.41) is 2.50. The van der Waals surface area contributed by atoms with Gasteiger partial charge in [0.1, 0.15) is 6.29 Å². The molecule has 0 radical (unpaired) electrons. The van der Waals surface area contributed by atoms with Crippen LogP contribution in [-0.4, -0.2) is 36.6 Å². The molecule has 15 heavy (non-hydrogen) atoms. The number of thiol groups is 1. The van der Waals surface area contributed by atoms with Gasteiger partial charge in [0.25, 0.3) is 0 Å². The fourth-order valence-corrected chi connectivity index (χ4v) is 1.23. The number of amides is 1. The molecule has 0 saturated carbocycles. The number of nitrogens with two attached hydrogens (primary N) is 2. The van der Waals surface area contributed by atoms with Crippen LogP contribution in [0.5, 0.6) is 0 Å². The van der Waals surface area contributed by atoms with Crippen molar-refractivity contribution in [2.24, 2.45) is 11.5 Å². The van der Waals surface area contributed by atoms with Crippen LogP contribution < -0.4 is 16.8 Å². The van der Waals surface area contributed by atoms with Crippen molar-refractivity contribution in [2.45, 2.75) is 31.3 Å². The third-order valence-electron chi connectivity index (χ3n) is 1.99. The first kappa shape index (κ1) is 14.4. The fourth-order valence-electron chi connectivity index (χ4n) is 1.05. The SMILES string of the molecule is NCCCC[C@H](N)C(=O)N[C@H](C=O)CS. The minimum absolute atomic E-state index is 0.282. The standard InChI is InChI=1S/C9H19N3O2S/c10-4-2-1-3-8(11)9(14)12-7(5-13)6-15/h5,7-8,15H,1-4,6,10-11H2,(H,12,14)/t7-,8+/m1/s1. The first-order valence-electron chi connectivity index (χ1n) is 4.97. The highest BCUT2D eigenvalue weighted by molar-refractivity contribution is 7.80. The van der Waals surface area contributed by atoms with Crippen LogP contribution >= 0.6 is 12.6 Å². The molecule has 0 aliphatic rings. The summed E-state index contributed by atoms with van der Waals surface area (Å²) in [5.41, 5.74) is 10.9. The van der Waals surface area contributed by atoms with Crippen molar-refractivity contribution in [3.63, 3.8) is 0 Å². The molecule has 5 nitrogen and oxygen atoms in total. The Labute approximate surface area is 95.4 Å². The molecule has 0 heterocycles. The van der Waals surface area contributed by atoms with Gasteiger partial charge >= 0.3 is 0 Å². The Kier molecular flexibility index (Phi) is 8.35. The minimum Gasteiger partial charge on any atom is -0.344 e. The van der Waals surface area contributed by atoms with Crippen molar-refractivity contribution in [3.05, 3.63) is 0 Å². The van der Waals surface area contributed by atoms with E-state index in [1.165, 1.54) is 0 Å². The molecule has 0 aliphatic carbocycles. The molecule has 2 atom stereocenters. The van der Waals surface area contributed by atoms with E-state index in [2.05, 4.69) is 17.9 Å². The summed E-state index contributed by atoms with van der Waals surface area (Å²) < 4.78 is 0. The lowest BCUT2D eigenvalue weighted by Crippen LogP contribution is -2.46. The molecular formula is C9H19N3O2S. The topological polar surface area (TPSA) is 98.2 Å². The van der Waals surface area contributed by atoms with Crippen LogP contribution in [0.15, 0.2) is 0 Å². The van der Waals surface area contributed by atoms with Crippen molar-refractivity contribution in [1.29, 1.82) is 0 Å². The van der Waals surface area contributed by atoms with Gasteiger partial charge < -0.3 is 21.6 Å². The van der Waals surface area contributed by atoms with Crippen molar-refractivity contribution >= 4 is 24.8 Å². The van der Waals surface area contributed by atoms with E-state index in [1.54, 1.807) is 0 Å². The van der Waals surface area contributed by atoms with Gasteiger partial charge in [-0.2, -0.15) is 12.6 Å². The van der Waals surface area contributed by atoms with E-state index in [1.807, 2.05) is 0 Å². The first-order chi connectivity index (χ1) is 7.15. The predicted molar refractivity (Wildman–Crippen MR) is 62.7 cm³/mol. The quantitative estimate of drug-likeness (QED) is 0.247. The van der Waals surface area contributed by atoms with Gasteiger partial charge in [-0.25, -0.2) is 0 Å². The molecule has 6 heteroatoms. The second-order valence-corrected chi connectivity index (χ2v) is 3.69. The average Bonchev–Trinajstić information content (AvgIpc) is 2.25. The Morgan fingerprint density at radius 3 is 2.60 bits per heavy atom. The number of carbonyl (C=O) groups is 2. The van der Waals surface area contributed by atoms with Crippen LogP contribution in [0, 0.1) is 0 Å². The summed E-state index contributed by atoms with van der Waals surface area (Å²) >= 11 is 3.92. The third-order valence-corrected chi connectivity index (χ3v) is 2.39. The van der Waals surface area contributed by atoms with Gasteiger partial charge in [-0.05, 0) is 19.4 Å². The van der Waals surface area contributed by atoms with E-state index in [0.717, 1.165) is 12.8 Å². The molecule has 88 valence electrons. The Morgan fingerprint density at radius 1 is 1.47 bits per heavy atom. The Morgan fingerprint density at radius 2 is 2.13 bits per heavy atom. The molecule has 0 aromatic carbocycles. The predicted octanol–water partition coefficient (Wildman–Crippen LogP) is -0.944. The molecule has 0 aromatic heterocycles. The molecule has 0 unspecified atom stereocenters. The molecule has 1 amide bonds. The lowest BCUT2D eigenvalue weighted by atomic mass is 10.1. The summed E-state index contributed by atoms with van der Waals surface area (Å²) in [5.74, 6) is -0.0247. The van der Waals surface area contributed by atoms with E-state index >= 15 is 0 Å². The number of unbranched alkanes of at least 4 members (excludes halogenated alkanes) is 1. The van der Waals surface area contributed by atoms with Gasteiger partial charge in [0.15, 0.2) is 0 Å². The normalized spacial score (nSPS) is 14.3. The molecule has 0 rings (SSSR count). The maximum Gasteiger partial charge on any atom is 0.237 e. The van der Waals surface area contributed by atoms with Crippen LogP contribution in [-0.2, 0) is 9.59 Å². The number of carbonyl (C=O) groups excluding carboxylic acids is 2. The summed E-state index contributed by atoms with van der Waals surface area (Å²) in [6.07, 6.45) is 2.90. The Hall–Kier alpha value is -0.590. The zero-order valence-corrected chi connectivity index (χ0v) is 9.58. The largest absolute Gasteiger partial charge is 0.344 e. The maximum absolute atomic E-state index is 11.4. The van der Waals surface area contributed by atoms with E-state index < -0.39 is 12.1 Å². The van der Waals surface area contributed by atoms with Gasteiger partial charge in [0.05, 0.1) is 12.1 Å². The van der Waals surface area contributed by atoms with Crippen molar-refractivity contribution in [2.75, 3.05) is 12.3 Å². The molecule has 0 spiro atoms. The number of hydrogen-bond acceptors (Lipinski definition) is 5. The second-order valence-electron chi connectivity index (χ2n) is 3.32. The zero-order valence-electron chi connectivity index (χ0n) is 8.69. The van der Waals surface area contributed by atoms with Gasteiger partial charge in [-0.3, -0.25) is 4.79 Å².